The summed E-state index contributed by atoms with van der Waals surface area (Å²) in [5, 5.41) is 39.4. The van der Waals surface area contributed by atoms with Gasteiger partial charge < -0.3 is 9.47 Å². The van der Waals surface area contributed by atoms with Crippen LogP contribution < -0.4 is 0 Å². The molecule has 148 valence electrons. The molecule has 4 unspecified atom stereocenters. The lowest BCUT2D eigenvalue weighted by atomic mass is 9.53. The van der Waals surface area contributed by atoms with E-state index in [0.717, 1.165) is 11.1 Å². The van der Waals surface area contributed by atoms with Crippen LogP contribution in [0, 0.1) is 56.2 Å². The number of nitrogens with one attached hydrogen (secondary N) is 1. The third-order valence-electron chi connectivity index (χ3n) is 6.38. The monoisotopic (exact) mass is 396 g/mol. The molecule has 1 N–H and O–H groups in total. The number of fused-ring (bicyclic) bond motifs is 2. The second-order valence-electron chi connectivity index (χ2n) is 7.94. The van der Waals surface area contributed by atoms with E-state index in [4.69, 9.17) is 14.9 Å². The van der Waals surface area contributed by atoms with Crippen LogP contribution in [0.4, 0.5) is 0 Å². The van der Waals surface area contributed by atoms with E-state index in [-0.39, 0.29) is 12.3 Å². The second kappa shape index (κ2) is 6.99. The van der Waals surface area contributed by atoms with Gasteiger partial charge in [0, 0.05) is 13.3 Å². The molecule has 2 saturated heterocycles. The molecule has 2 aromatic rings. The molecule has 2 heterocycles. The van der Waals surface area contributed by atoms with E-state index in [1.165, 1.54) is 0 Å². The zero-order chi connectivity index (χ0) is 21.4. The van der Waals surface area contributed by atoms with Crippen LogP contribution in [0.1, 0.15) is 18.1 Å². The van der Waals surface area contributed by atoms with Crippen molar-refractivity contribution in [1.82, 2.24) is 0 Å². The first-order valence-electron chi connectivity index (χ1n) is 9.73. The smallest absolute Gasteiger partial charge is 0.214 e. The zero-order valence-electron chi connectivity index (χ0n) is 16.5. The van der Waals surface area contributed by atoms with E-state index >= 15 is 0 Å². The Hall–Kier alpha value is -3.66. The summed E-state index contributed by atoms with van der Waals surface area (Å²) in [5.41, 5.74) is -1.83. The predicted molar refractivity (Wildman–Crippen MR) is 108 cm³/mol. The van der Waals surface area contributed by atoms with E-state index in [9.17, 15) is 15.8 Å². The fourth-order valence-electron chi connectivity index (χ4n) is 4.86. The molecule has 30 heavy (non-hydrogen) atoms. The molecule has 4 atom stereocenters. The molecular weight excluding hydrogens is 376 g/mol. The lowest BCUT2D eigenvalue weighted by molar-refractivity contribution is -0.268. The van der Waals surface area contributed by atoms with Gasteiger partial charge in [-0.3, -0.25) is 5.41 Å². The van der Waals surface area contributed by atoms with E-state index < -0.39 is 28.6 Å². The molecule has 0 radical (unpaired) electrons. The lowest BCUT2D eigenvalue weighted by Crippen LogP contribution is -2.63. The standard InChI is InChI=1S/C24H20N4O2/c1-22-19(12-17-8-4-2-5-9-17)24(16-27,21(28)30-22)23(14-25,15-26)20(29-22)13-18-10-6-3-7-11-18/h2-11,19-20,28H,12-13H2,1H3. The maximum absolute atomic E-state index is 10.4. The summed E-state index contributed by atoms with van der Waals surface area (Å²) in [7, 11) is 0. The highest BCUT2D eigenvalue weighted by Gasteiger charge is 2.78. The molecule has 6 heteroatoms. The molecule has 0 aromatic heterocycles. The Morgan fingerprint density at radius 2 is 1.40 bits per heavy atom. The Morgan fingerprint density at radius 1 is 0.867 bits per heavy atom. The van der Waals surface area contributed by atoms with Crippen LogP contribution in [0.15, 0.2) is 60.7 Å². The van der Waals surface area contributed by atoms with Gasteiger partial charge in [0.1, 0.15) is 6.10 Å². The third kappa shape index (κ3) is 2.53. The molecule has 2 aliphatic heterocycles. The average Bonchev–Trinajstić information content (AvgIpc) is 2.93. The van der Waals surface area contributed by atoms with E-state index in [0.29, 0.717) is 6.42 Å². The minimum atomic E-state index is -1.88. The SMILES string of the molecule is CC12OC(=N)C(C#N)(C1Cc1ccccc1)C(C#N)(C#N)C(Cc1ccccc1)O2. The zero-order valence-corrected chi connectivity index (χ0v) is 16.5. The molecule has 0 amide bonds. The molecule has 4 rings (SSSR count). The van der Waals surface area contributed by atoms with Crippen molar-refractivity contribution < 1.29 is 9.47 Å². The predicted octanol–water partition coefficient (Wildman–Crippen LogP) is 3.75. The Balaban J connectivity index is 1.86. The Labute approximate surface area is 175 Å². The van der Waals surface area contributed by atoms with Gasteiger partial charge >= 0.3 is 0 Å². The van der Waals surface area contributed by atoms with Crippen LogP contribution in [0.2, 0.25) is 0 Å². The van der Waals surface area contributed by atoms with Gasteiger partial charge in [0.15, 0.2) is 10.8 Å². The summed E-state index contributed by atoms with van der Waals surface area (Å²) in [6, 6.07) is 25.2. The number of ether oxygens (including phenoxy) is 2. The number of benzene rings is 2. The van der Waals surface area contributed by atoms with Crippen molar-refractivity contribution >= 4 is 5.90 Å². The minimum Gasteiger partial charge on any atom is -0.448 e. The quantitative estimate of drug-likeness (QED) is 0.845. The van der Waals surface area contributed by atoms with Crippen molar-refractivity contribution in [3.05, 3.63) is 71.8 Å². The normalized spacial score (nSPS) is 31.1. The van der Waals surface area contributed by atoms with Crippen molar-refractivity contribution in [1.29, 1.82) is 21.2 Å². The Kier molecular flexibility index (Phi) is 4.58. The van der Waals surface area contributed by atoms with Crippen molar-refractivity contribution in [3.8, 4) is 18.2 Å². The first-order chi connectivity index (χ1) is 14.5. The first kappa shape index (κ1) is 19.6. The molecule has 0 spiro atoms. The molecule has 2 fully saturated rings. The van der Waals surface area contributed by atoms with Gasteiger partial charge in [0.2, 0.25) is 11.7 Å². The Morgan fingerprint density at radius 3 is 1.90 bits per heavy atom. The van der Waals surface area contributed by atoms with E-state index in [2.05, 4.69) is 18.2 Å². The fourth-order valence-corrected chi connectivity index (χ4v) is 4.86. The van der Waals surface area contributed by atoms with E-state index in [1.54, 1.807) is 6.92 Å². The summed E-state index contributed by atoms with van der Waals surface area (Å²) < 4.78 is 12.1. The maximum atomic E-state index is 10.4. The van der Waals surface area contributed by atoms with Gasteiger partial charge in [-0.15, -0.1) is 0 Å². The summed E-state index contributed by atoms with van der Waals surface area (Å²) >= 11 is 0. The molecule has 2 aliphatic rings. The van der Waals surface area contributed by atoms with Crippen LogP contribution in [-0.4, -0.2) is 17.8 Å². The number of hydrogen-bond donors (Lipinski definition) is 1. The van der Waals surface area contributed by atoms with Crippen molar-refractivity contribution in [2.24, 2.45) is 16.7 Å². The average molecular weight is 396 g/mol. The largest absolute Gasteiger partial charge is 0.448 e. The molecule has 2 bridgehead atoms. The fraction of sp³-hybridized carbons (Fsp3) is 0.333. The molecule has 6 nitrogen and oxygen atoms in total. The summed E-state index contributed by atoms with van der Waals surface area (Å²) in [6.45, 7) is 1.70. The summed E-state index contributed by atoms with van der Waals surface area (Å²) in [4.78, 5) is 0. The lowest BCUT2D eigenvalue weighted by Gasteiger charge is -2.48. The van der Waals surface area contributed by atoms with Crippen LogP contribution in [0.3, 0.4) is 0 Å². The second-order valence-corrected chi connectivity index (χ2v) is 7.94. The highest BCUT2D eigenvalue weighted by atomic mass is 16.7. The number of nitrogens with zero attached hydrogens (tertiary/aromatic N) is 3. The van der Waals surface area contributed by atoms with Crippen molar-refractivity contribution in [2.75, 3.05) is 0 Å². The number of hydrogen-bond acceptors (Lipinski definition) is 6. The van der Waals surface area contributed by atoms with Gasteiger partial charge in [-0.1, -0.05) is 60.7 Å². The number of nitriles is 3. The minimum absolute atomic E-state index is 0.260. The molecule has 2 aromatic carbocycles. The molecular formula is C24H20N4O2. The van der Waals surface area contributed by atoms with Gasteiger partial charge in [0.25, 0.3) is 0 Å². The summed E-state index contributed by atoms with van der Waals surface area (Å²) in [6.07, 6.45) is -0.319. The highest BCUT2D eigenvalue weighted by molar-refractivity contribution is 5.89. The third-order valence-corrected chi connectivity index (χ3v) is 6.38. The van der Waals surface area contributed by atoms with Gasteiger partial charge in [-0.05, 0) is 17.5 Å². The highest BCUT2D eigenvalue weighted by Crippen LogP contribution is 2.63. The first-order valence-corrected chi connectivity index (χ1v) is 9.73. The van der Waals surface area contributed by atoms with Crippen molar-refractivity contribution in [2.45, 2.75) is 31.7 Å². The van der Waals surface area contributed by atoms with Crippen LogP contribution in [0.5, 0.6) is 0 Å². The molecule has 0 saturated carbocycles. The maximum Gasteiger partial charge on any atom is 0.214 e. The van der Waals surface area contributed by atoms with Crippen LogP contribution in [0.25, 0.3) is 0 Å². The van der Waals surface area contributed by atoms with Crippen LogP contribution in [-0.2, 0) is 22.3 Å². The summed E-state index contributed by atoms with van der Waals surface area (Å²) in [5.74, 6) is -2.34. The van der Waals surface area contributed by atoms with Gasteiger partial charge in [-0.2, -0.15) is 15.8 Å². The number of rotatable bonds is 4. The molecule has 0 aliphatic carbocycles. The van der Waals surface area contributed by atoms with Crippen molar-refractivity contribution in [3.63, 3.8) is 0 Å². The van der Waals surface area contributed by atoms with Crippen LogP contribution >= 0.6 is 0 Å². The van der Waals surface area contributed by atoms with Gasteiger partial charge in [-0.25, -0.2) is 0 Å². The van der Waals surface area contributed by atoms with E-state index in [1.807, 2.05) is 60.7 Å². The Bertz CT molecular complexity index is 1080. The topological polar surface area (TPSA) is 114 Å². The van der Waals surface area contributed by atoms with Gasteiger partial charge in [0.05, 0.1) is 24.1 Å².